The molecule has 0 aromatic heterocycles. The van der Waals surface area contributed by atoms with Gasteiger partial charge in [0.25, 0.3) is 5.91 Å². The van der Waals surface area contributed by atoms with Crippen LogP contribution in [0.4, 0.5) is 5.69 Å². The highest BCUT2D eigenvalue weighted by atomic mass is 35.5. The van der Waals surface area contributed by atoms with Gasteiger partial charge in [-0.05, 0) is 43.7 Å². The largest absolute Gasteiger partial charge is 0.398 e. The molecule has 3 nitrogen and oxygen atoms in total. The van der Waals surface area contributed by atoms with Gasteiger partial charge in [0, 0.05) is 6.04 Å². The minimum atomic E-state index is -0.110. The Labute approximate surface area is 125 Å². The molecule has 1 saturated carbocycles. The number of hydrogen-bond acceptors (Lipinski definition) is 2. The van der Waals surface area contributed by atoms with Gasteiger partial charge in [0.2, 0.25) is 0 Å². The van der Waals surface area contributed by atoms with Crippen molar-refractivity contribution in [2.45, 2.75) is 51.5 Å². The van der Waals surface area contributed by atoms with E-state index in [2.05, 4.69) is 12.2 Å². The highest BCUT2D eigenvalue weighted by molar-refractivity contribution is 6.36. The summed E-state index contributed by atoms with van der Waals surface area (Å²) in [5.41, 5.74) is 6.66. The summed E-state index contributed by atoms with van der Waals surface area (Å²) in [4.78, 5) is 12.2. The summed E-state index contributed by atoms with van der Waals surface area (Å²) >= 11 is 6.08. The van der Waals surface area contributed by atoms with Crippen molar-refractivity contribution in [3.63, 3.8) is 0 Å². The van der Waals surface area contributed by atoms with E-state index in [-0.39, 0.29) is 11.9 Å². The summed E-state index contributed by atoms with van der Waals surface area (Å²) in [6.45, 7) is 2.23. The number of halogens is 1. The van der Waals surface area contributed by atoms with Crippen molar-refractivity contribution in [2.24, 2.45) is 5.92 Å². The Hall–Kier alpha value is -1.22. The Morgan fingerprint density at radius 3 is 2.70 bits per heavy atom. The molecule has 1 fully saturated rings. The predicted molar refractivity (Wildman–Crippen MR) is 84.0 cm³/mol. The first-order valence-electron chi connectivity index (χ1n) is 7.46. The third kappa shape index (κ3) is 3.66. The zero-order chi connectivity index (χ0) is 14.5. The standard InChI is InChI=1S/C16H23ClN2O/c1-2-4-11-7-9-12(10-8-11)19-16(20)13-5-3-6-14(18)15(13)17/h3,5-6,11-12H,2,4,7-10,18H2,1H3,(H,19,20). The summed E-state index contributed by atoms with van der Waals surface area (Å²) in [6.07, 6.45) is 7.11. The Kier molecular flexibility index (Phi) is 5.30. The molecule has 20 heavy (non-hydrogen) atoms. The summed E-state index contributed by atoms with van der Waals surface area (Å²) in [7, 11) is 0. The molecule has 0 spiro atoms. The van der Waals surface area contributed by atoms with Crippen molar-refractivity contribution >= 4 is 23.2 Å². The van der Waals surface area contributed by atoms with Gasteiger partial charge in [-0.15, -0.1) is 0 Å². The van der Waals surface area contributed by atoms with E-state index in [0.29, 0.717) is 16.3 Å². The van der Waals surface area contributed by atoms with Gasteiger partial charge in [-0.2, -0.15) is 0 Å². The topological polar surface area (TPSA) is 55.1 Å². The van der Waals surface area contributed by atoms with Crippen LogP contribution < -0.4 is 11.1 Å². The number of rotatable bonds is 4. The van der Waals surface area contributed by atoms with E-state index in [1.165, 1.54) is 25.7 Å². The molecule has 1 amide bonds. The number of nitrogen functional groups attached to an aromatic ring is 1. The predicted octanol–water partition coefficient (Wildman–Crippen LogP) is 4.01. The number of nitrogens with one attached hydrogen (secondary N) is 1. The Morgan fingerprint density at radius 2 is 2.05 bits per heavy atom. The maximum Gasteiger partial charge on any atom is 0.253 e. The summed E-state index contributed by atoms with van der Waals surface area (Å²) in [6, 6.07) is 5.45. The van der Waals surface area contributed by atoms with Gasteiger partial charge >= 0.3 is 0 Å². The van der Waals surface area contributed by atoms with Gasteiger partial charge in [-0.25, -0.2) is 0 Å². The van der Waals surface area contributed by atoms with Crippen LogP contribution in [0.1, 0.15) is 55.8 Å². The molecule has 0 atom stereocenters. The molecule has 1 aliphatic rings. The molecule has 110 valence electrons. The third-order valence-electron chi connectivity index (χ3n) is 4.15. The van der Waals surface area contributed by atoms with E-state index < -0.39 is 0 Å². The minimum Gasteiger partial charge on any atom is -0.398 e. The van der Waals surface area contributed by atoms with Crippen LogP contribution in [0.25, 0.3) is 0 Å². The van der Waals surface area contributed by atoms with E-state index in [0.717, 1.165) is 18.8 Å². The zero-order valence-corrected chi connectivity index (χ0v) is 12.7. The first kappa shape index (κ1) is 15.2. The second-order valence-electron chi connectivity index (χ2n) is 5.69. The normalized spacial score (nSPS) is 22.5. The molecule has 1 aliphatic carbocycles. The Morgan fingerprint density at radius 1 is 1.35 bits per heavy atom. The van der Waals surface area contributed by atoms with E-state index >= 15 is 0 Å². The number of hydrogen-bond donors (Lipinski definition) is 2. The van der Waals surface area contributed by atoms with Crippen LogP contribution in [0.15, 0.2) is 18.2 Å². The molecule has 3 N–H and O–H groups in total. The van der Waals surface area contributed by atoms with Crippen molar-refractivity contribution < 1.29 is 4.79 Å². The lowest BCUT2D eigenvalue weighted by Gasteiger charge is -2.29. The number of nitrogens with two attached hydrogens (primary N) is 1. The average molecular weight is 295 g/mol. The number of amides is 1. The first-order valence-corrected chi connectivity index (χ1v) is 7.84. The molecule has 0 bridgehead atoms. The monoisotopic (exact) mass is 294 g/mol. The fraction of sp³-hybridized carbons (Fsp3) is 0.562. The smallest absolute Gasteiger partial charge is 0.253 e. The van der Waals surface area contributed by atoms with Crippen LogP contribution in [0, 0.1) is 5.92 Å². The van der Waals surface area contributed by atoms with Crippen LogP contribution in [0.2, 0.25) is 5.02 Å². The molecule has 1 aromatic carbocycles. The van der Waals surface area contributed by atoms with Crippen LogP contribution in [-0.4, -0.2) is 11.9 Å². The van der Waals surface area contributed by atoms with Crippen LogP contribution in [0.3, 0.4) is 0 Å². The Balaban J connectivity index is 1.91. The lowest BCUT2D eigenvalue weighted by Crippen LogP contribution is -2.37. The summed E-state index contributed by atoms with van der Waals surface area (Å²) < 4.78 is 0. The van der Waals surface area contributed by atoms with Crippen LogP contribution >= 0.6 is 11.6 Å². The van der Waals surface area contributed by atoms with E-state index in [1.54, 1.807) is 18.2 Å². The molecule has 0 radical (unpaired) electrons. The second kappa shape index (κ2) is 6.98. The fourth-order valence-electron chi connectivity index (χ4n) is 2.99. The number of anilines is 1. The average Bonchev–Trinajstić information content (AvgIpc) is 2.44. The lowest BCUT2D eigenvalue weighted by atomic mass is 9.83. The second-order valence-corrected chi connectivity index (χ2v) is 6.07. The fourth-order valence-corrected chi connectivity index (χ4v) is 3.20. The van der Waals surface area contributed by atoms with E-state index in [1.807, 2.05) is 0 Å². The van der Waals surface area contributed by atoms with Crippen molar-refractivity contribution in [1.29, 1.82) is 0 Å². The van der Waals surface area contributed by atoms with Gasteiger partial charge in [-0.1, -0.05) is 37.4 Å². The van der Waals surface area contributed by atoms with Gasteiger partial charge in [-0.3, -0.25) is 4.79 Å². The molecular formula is C16H23ClN2O. The highest BCUT2D eigenvalue weighted by Gasteiger charge is 2.23. The van der Waals surface area contributed by atoms with Crippen molar-refractivity contribution in [3.8, 4) is 0 Å². The molecule has 0 heterocycles. The molecular weight excluding hydrogens is 272 g/mol. The zero-order valence-electron chi connectivity index (χ0n) is 12.0. The SMILES string of the molecule is CCCC1CCC(NC(=O)c2cccc(N)c2Cl)CC1. The van der Waals surface area contributed by atoms with Crippen molar-refractivity contribution in [2.75, 3.05) is 5.73 Å². The first-order chi connectivity index (χ1) is 9.61. The summed E-state index contributed by atoms with van der Waals surface area (Å²) in [5.74, 6) is 0.727. The third-order valence-corrected chi connectivity index (χ3v) is 4.57. The van der Waals surface area contributed by atoms with E-state index in [4.69, 9.17) is 17.3 Å². The van der Waals surface area contributed by atoms with Crippen molar-refractivity contribution in [1.82, 2.24) is 5.32 Å². The quantitative estimate of drug-likeness (QED) is 0.824. The molecule has 4 heteroatoms. The summed E-state index contributed by atoms with van der Waals surface area (Å²) in [5, 5.41) is 3.44. The minimum absolute atomic E-state index is 0.110. The number of benzene rings is 1. The molecule has 0 saturated heterocycles. The van der Waals surface area contributed by atoms with Crippen LogP contribution in [-0.2, 0) is 0 Å². The molecule has 0 aliphatic heterocycles. The highest BCUT2D eigenvalue weighted by Crippen LogP contribution is 2.28. The maximum absolute atomic E-state index is 12.2. The Bertz CT molecular complexity index is 468. The molecule has 1 aromatic rings. The number of carbonyl (C=O) groups excluding carboxylic acids is 1. The van der Waals surface area contributed by atoms with Gasteiger partial charge in [0.1, 0.15) is 0 Å². The molecule has 2 rings (SSSR count). The van der Waals surface area contributed by atoms with Gasteiger partial charge in [0.05, 0.1) is 16.3 Å². The van der Waals surface area contributed by atoms with E-state index in [9.17, 15) is 4.79 Å². The lowest BCUT2D eigenvalue weighted by molar-refractivity contribution is 0.0921. The van der Waals surface area contributed by atoms with Crippen LogP contribution in [0.5, 0.6) is 0 Å². The maximum atomic E-state index is 12.2. The van der Waals surface area contributed by atoms with Gasteiger partial charge < -0.3 is 11.1 Å². The van der Waals surface area contributed by atoms with Gasteiger partial charge in [0.15, 0.2) is 0 Å². The van der Waals surface area contributed by atoms with Crippen molar-refractivity contribution in [3.05, 3.63) is 28.8 Å². The number of carbonyl (C=O) groups is 1. The molecule has 0 unspecified atom stereocenters.